The van der Waals surface area contributed by atoms with Crippen LogP contribution in [0, 0.1) is 0 Å². The van der Waals surface area contributed by atoms with E-state index in [1.165, 1.54) is 0 Å². The molecule has 0 fully saturated rings. The molecule has 0 aliphatic rings. The summed E-state index contributed by atoms with van der Waals surface area (Å²) >= 11 is 3.32. The summed E-state index contributed by atoms with van der Waals surface area (Å²) in [7, 11) is 0. The molecule has 98 valence electrons. The topological polar surface area (TPSA) is 45.8 Å². The molecular formula is C16H11BrN2O. The highest BCUT2D eigenvalue weighted by molar-refractivity contribution is 9.10. The van der Waals surface area contributed by atoms with E-state index < -0.39 is 0 Å². The summed E-state index contributed by atoms with van der Waals surface area (Å²) < 4.78 is 0.448. The number of aromatic nitrogens is 2. The van der Waals surface area contributed by atoms with Gasteiger partial charge in [0.05, 0.1) is 5.69 Å². The van der Waals surface area contributed by atoms with Crippen LogP contribution in [0.25, 0.3) is 22.6 Å². The summed E-state index contributed by atoms with van der Waals surface area (Å²) in [5.41, 5.74) is 2.25. The highest BCUT2D eigenvalue weighted by atomic mass is 79.9. The predicted octanol–water partition coefficient (Wildman–Crippen LogP) is 3.87. The van der Waals surface area contributed by atoms with Gasteiger partial charge in [0.2, 0.25) is 0 Å². The van der Waals surface area contributed by atoms with Crippen LogP contribution in [0.5, 0.6) is 0 Å². The molecule has 0 saturated carbocycles. The molecule has 0 spiro atoms. The second-order valence-corrected chi connectivity index (χ2v) is 5.10. The Hall–Kier alpha value is -2.20. The number of hydrogen-bond donors (Lipinski definition) is 1. The average Bonchev–Trinajstić information content (AvgIpc) is 2.51. The van der Waals surface area contributed by atoms with E-state index in [9.17, 15) is 4.79 Å². The van der Waals surface area contributed by atoms with Gasteiger partial charge in [-0.15, -0.1) is 0 Å². The predicted molar refractivity (Wildman–Crippen MR) is 83.4 cm³/mol. The number of benzene rings is 2. The van der Waals surface area contributed by atoms with Gasteiger partial charge in [0.15, 0.2) is 0 Å². The van der Waals surface area contributed by atoms with Gasteiger partial charge in [-0.2, -0.15) is 0 Å². The molecule has 4 heteroatoms. The molecule has 0 unspecified atom stereocenters. The maximum atomic E-state index is 12.1. The molecule has 0 amide bonds. The lowest BCUT2D eigenvalue weighted by molar-refractivity contribution is 1.11. The molecule has 1 aromatic heterocycles. The van der Waals surface area contributed by atoms with Crippen molar-refractivity contribution in [1.29, 1.82) is 0 Å². The molecule has 0 saturated heterocycles. The van der Waals surface area contributed by atoms with E-state index in [1.54, 1.807) is 0 Å². The van der Waals surface area contributed by atoms with Crippen LogP contribution in [0.1, 0.15) is 0 Å². The zero-order chi connectivity index (χ0) is 13.9. The van der Waals surface area contributed by atoms with Crippen LogP contribution in [0.15, 0.2) is 69.9 Å². The minimum Gasteiger partial charge on any atom is -0.306 e. The van der Waals surface area contributed by atoms with Crippen molar-refractivity contribution in [3.63, 3.8) is 0 Å². The van der Waals surface area contributed by atoms with E-state index in [4.69, 9.17) is 0 Å². The summed E-state index contributed by atoms with van der Waals surface area (Å²) in [4.78, 5) is 19.4. The third-order valence-corrected chi connectivity index (χ3v) is 3.69. The SMILES string of the molecule is O=c1[nH]c(-c2ccccc2)nc(-c2ccccc2)c1Br. The second-order valence-electron chi connectivity index (χ2n) is 4.31. The molecule has 0 radical (unpaired) electrons. The van der Waals surface area contributed by atoms with Gasteiger partial charge < -0.3 is 4.98 Å². The Kier molecular flexibility index (Phi) is 3.48. The molecule has 1 N–H and O–H groups in total. The molecule has 0 aliphatic carbocycles. The lowest BCUT2D eigenvalue weighted by Gasteiger charge is -2.07. The van der Waals surface area contributed by atoms with Crippen molar-refractivity contribution in [2.75, 3.05) is 0 Å². The number of nitrogens with zero attached hydrogens (tertiary/aromatic N) is 1. The van der Waals surface area contributed by atoms with Gasteiger partial charge in [-0.05, 0) is 15.9 Å². The number of hydrogen-bond acceptors (Lipinski definition) is 2. The zero-order valence-corrected chi connectivity index (χ0v) is 12.1. The van der Waals surface area contributed by atoms with Gasteiger partial charge in [0.1, 0.15) is 10.3 Å². The van der Waals surface area contributed by atoms with Crippen molar-refractivity contribution in [2.45, 2.75) is 0 Å². The van der Waals surface area contributed by atoms with Crippen LogP contribution < -0.4 is 5.56 Å². The highest BCUT2D eigenvalue weighted by Gasteiger charge is 2.11. The van der Waals surface area contributed by atoms with Gasteiger partial charge in [-0.25, -0.2) is 4.98 Å². The Morgan fingerprint density at radius 3 is 2.00 bits per heavy atom. The quantitative estimate of drug-likeness (QED) is 0.777. The van der Waals surface area contributed by atoms with Gasteiger partial charge in [-0.3, -0.25) is 4.79 Å². The van der Waals surface area contributed by atoms with Crippen molar-refractivity contribution in [3.05, 3.63) is 75.5 Å². The Morgan fingerprint density at radius 2 is 1.40 bits per heavy atom. The third-order valence-electron chi connectivity index (χ3n) is 2.96. The van der Waals surface area contributed by atoms with E-state index in [-0.39, 0.29) is 5.56 Å². The molecule has 3 aromatic rings. The maximum Gasteiger partial charge on any atom is 0.266 e. The molecular weight excluding hydrogens is 316 g/mol. The van der Waals surface area contributed by atoms with Crippen LogP contribution in [-0.4, -0.2) is 9.97 Å². The van der Waals surface area contributed by atoms with Crippen LogP contribution in [-0.2, 0) is 0 Å². The van der Waals surface area contributed by atoms with Crippen LogP contribution in [0.3, 0.4) is 0 Å². The van der Waals surface area contributed by atoms with Crippen molar-refractivity contribution >= 4 is 15.9 Å². The van der Waals surface area contributed by atoms with Crippen LogP contribution >= 0.6 is 15.9 Å². The minimum atomic E-state index is -0.183. The first-order chi connectivity index (χ1) is 9.75. The average molecular weight is 327 g/mol. The normalized spacial score (nSPS) is 10.4. The van der Waals surface area contributed by atoms with Crippen molar-refractivity contribution in [3.8, 4) is 22.6 Å². The lowest BCUT2D eigenvalue weighted by atomic mass is 10.1. The molecule has 1 heterocycles. The minimum absolute atomic E-state index is 0.183. The number of rotatable bonds is 2. The number of aromatic amines is 1. The fourth-order valence-corrected chi connectivity index (χ4v) is 2.40. The van der Waals surface area contributed by atoms with Gasteiger partial charge in [0, 0.05) is 11.1 Å². The second kappa shape index (κ2) is 5.43. The smallest absolute Gasteiger partial charge is 0.266 e. The largest absolute Gasteiger partial charge is 0.306 e. The first kappa shape index (κ1) is 12.8. The molecule has 0 bridgehead atoms. The fourth-order valence-electron chi connectivity index (χ4n) is 1.98. The van der Waals surface area contributed by atoms with Gasteiger partial charge >= 0.3 is 0 Å². The molecule has 20 heavy (non-hydrogen) atoms. The Labute approximate surface area is 124 Å². The van der Waals surface area contributed by atoms with Crippen LogP contribution in [0.4, 0.5) is 0 Å². The Bertz CT molecular complexity index is 783. The lowest BCUT2D eigenvalue weighted by Crippen LogP contribution is -2.11. The molecule has 3 rings (SSSR count). The zero-order valence-electron chi connectivity index (χ0n) is 10.5. The van der Waals surface area contributed by atoms with E-state index in [0.29, 0.717) is 16.0 Å². The Morgan fingerprint density at radius 1 is 0.850 bits per heavy atom. The van der Waals surface area contributed by atoms with E-state index >= 15 is 0 Å². The van der Waals surface area contributed by atoms with Crippen molar-refractivity contribution < 1.29 is 0 Å². The molecule has 2 aromatic carbocycles. The first-order valence-corrected chi connectivity index (χ1v) is 6.95. The third kappa shape index (κ3) is 2.42. The summed E-state index contributed by atoms with van der Waals surface area (Å²) in [6.45, 7) is 0. The summed E-state index contributed by atoms with van der Waals surface area (Å²) in [6.07, 6.45) is 0. The van der Waals surface area contributed by atoms with E-state index in [1.807, 2.05) is 60.7 Å². The summed E-state index contributed by atoms with van der Waals surface area (Å²) in [5, 5.41) is 0. The first-order valence-electron chi connectivity index (χ1n) is 6.16. The van der Waals surface area contributed by atoms with Crippen LogP contribution in [0.2, 0.25) is 0 Å². The van der Waals surface area contributed by atoms with Gasteiger partial charge in [0.25, 0.3) is 5.56 Å². The molecule has 3 nitrogen and oxygen atoms in total. The van der Waals surface area contributed by atoms with E-state index in [2.05, 4.69) is 25.9 Å². The fraction of sp³-hybridized carbons (Fsp3) is 0. The summed E-state index contributed by atoms with van der Waals surface area (Å²) in [6, 6.07) is 19.2. The highest BCUT2D eigenvalue weighted by Crippen LogP contribution is 2.25. The molecule has 0 aliphatic heterocycles. The standard InChI is InChI=1S/C16H11BrN2O/c17-13-14(11-7-3-1-4-8-11)18-15(19-16(13)20)12-9-5-2-6-10-12/h1-10H,(H,18,19,20). The molecule has 0 atom stereocenters. The van der Waals surface area contributed by atoms with Gasteiger partial charge in [-0.1, -0.05) is 60.7 Å². The number of nitrogens with one attached hydrogen (secondary N) is 1. The van der Waals surface area contributed by atoms with Crippen molar-refractivity contribution in [2.24, 2.45) is 0 Å². The monoisotopic (exact) mass is 326 g/mol. The maximum absolute atomic E-state index is 12.1. The Balaban J connectivity index is 2.22. The van der Waals surface area contributed by atoms with Crippen molar-refractivity contribution in [1.82, 2.24) is 9.97 Å². The number of halogens is 1. The van der Waals surface area contributed by atoms with E-state index in [0.717, 1.165) is 11.1 Å². The summed E-state index contributed by atoms with van der Waals surface area (Å²) in [5.74, 6) is 0.567. The number of H-pyrrole nitrogens is 1.